The molecular formula is C30H30FN3O4S. The number of rotatable bonds is 12. The van der Waals surface area contributed by atoms with Gasteiger partial charge in [0.05, 0.1) is 25.0 Å². The Kier molecular flexibility index (Phi) is 9.66. The molecule has 9 heteroatoms. The molecule has 0 saturated carbocycles. The molecule has 0 heterocycles. The van der Waals surface area contributed by atoms with Crippen LogP contribution >= 0.6 is 0 Å². The number of hydrogen-bond donors (Lipinski definition) is 3. The van der Waals surface area contributed by atoms with Gasteiger partial charge in [-0.3, -0.25) is 4.79 Å². The van der Waals surface area contributed by atoms with E-state index in [1.165, 1.54) is 19.2 Å². The van der Waals surface area contributed by atoms with Crippen LogP contribution in [-0.4, -0.2) is 37.3 Å². The summed E-state index contributed by atoms with van der Waals surface area (Å²) in [6.07, 6.45) is 0. The summed E-state index contributed by atoms with van der Waals surface area (Å²) >= 11 is -1.65. The first-order valence-electron chi connectivity index (χ1n) is 12.4. The Morgan fingerprint density at radius 3 is 2.44 bits per heavy atom. The lowest BCUT2D eigenvalue weighted by Crippen LogP contribution is -2.29. The molecule has 0 aliphatic heterocycles. The molecule has 0 radical (unpaired) electrons. The van der Waals surface area contributed by atoms with Gasteiger partial charge >= 0.3 is 0 Å². The maximum Gasteiger partial charge on any atom is 0.255 e. The maximum atomic E-state index is 13.8. The van der Waals surface area contributed by atoms with Gasteiger partial charge in [0.25, 0.3) is 5.91 Å². The largest absolute Gasteiger partial charge is 0.588 e. The van der Waals surface area contributed by atoms with Gasteiger partial charge < -0.3 is 24.7 Å². The quantitative estimate of drug-likeness (QED) is 0.152. The standard InChI is InChI=1S/C30H30FN3O4S/c1-3-38-28-15-14-22(21-8-6-9-23(31)18-21)19-29(28)39(36)34-25-11-7-10-24(20-25)32-16-17-33-30(35)26-12-4-5-13-27(26)37-2/h4-15,18-20,32,34H,3,16-17H2,1-2H3,(H,33,35). The van der Waals surface area contributed by atoms with E-state index in [4.69, 9.17) is 9.47 Å². The number of benzene rings is 4. The maximum absolute atomic E-state index is 13.8. The highest BCUT2D eigenvalue weighted by atomic mass is 32.2. The van der Waals surface area contributed by atoms with Gasteiger partial charge in [0, 0.05) is 24.8 Å². The molecular weight excluding hydrogens is 517 g/mol. The highest BCUT2D eigenvalue weighted by Gasteiger charge is 2.20. The summed E-state index contributed by atoms with van der Waals surface area (Å²) in [5, 5.41) is 6.13. The first-order chi connectivity index (χ1) is 19.0. The zero-order valence-corrected chi connectivity index (χ0v) is 22.5. The van der Waals surface area contributed by atoms with Gasteiger partial charge in [-0.25, -0.2) is 9.11 Å². The van der Waals surface area contributed by atoms with Crippen molar-refractivity contribution in [1.82, 2.24) is 5.32 Å². The fraction of sp³-hybridized carbons (Fsp3) is 0.167. The van der Waals surface area contributed by atoms with Crippen molar-refractivity contribution >= 4 is 28.6 Å². The Hall–Kier alpha value is -4.21. The third kappa shape index (κ3) is 7.43. The van der Waals surface area contributed by atoms with Gasteiger partial charge in [-0.1, -0.05) is 36.4 Å². The third-order valence-corrected chi connectivity index (χ3v) is 6.91. The summed E-state index contributed by atoms with van der Waals surface area (Å²) in [6.45, 7) is 3.15. The molecule has 4 rings (SSSR count). The van der Waals surface area contributed by atoms with Gasteiger partial charge in [-0.05, 0) is 66.6 Å². The average molecular weight is 548 g/mol. The van der Waals surface area contributed by atoms with Gasteiger partial charge in [0.2, 0.25) is 4.90 Å². The minimum Gasteiger partial charge on any atom is -0.588 e. The molecule has 202 valence electrons. The molecule has 4 aromatic rings. The van der Waals surface area contributed by atoms with E-state index in [1.807, 2.05) is 43.3 Å². The average Bonchev–Trinajstić information content (AvgIpc) is 2.95. The summed E-state index contributed by atoms with van der Waals surface area (Å²) < 4.78 is 41.1. The van der Waals surface area contributed by atoms with E-state index in [9.17, 15) is 13.7 Å². The second-order valence-corrected chi connectivity index (χ2v) is 9.62. The number of hydrogen-bond acceptors (Lipinski definition) is 6. The second kappa shape index (κ2) is 13.5. The Balaban J connectivity index is 1.39. The van der Waals surface area contributed by atoms with Crippen LogP contribution in [0.3, 0.4) is 0 Å². The van der Waals surface area contributed by atoms with Crippen LogP contribution in [0.1, 0.15) is 17.3 Å². The lowest BCUT2D eigenvalue weighted by molar-refractivity contribution is 0.0952. The number of nitrogens with one attached hydrogen (secondary N) is 3. The van der Waals surface area contributed by atoms with E-state index in [-0.39, 0.29) is 11.7 Å². The van der Waals surface area contributed by atoms with Crippen molar-refractivity contribution in [3.05, 3.63) is 102 Å². The summed E-state index contributed by atoms with van der Waals surface area (Å²) in [7, 11) is 1.53. The Labute approximate surface area is 230 Å². The monoisotopic (exact) mass is 547 g/mol. The van der Waals surface area contributed by atoms with Crippen molar-refractivity contribution in [2.45, 2.75) is 11.8 Å². The second-order valence-electron chi connectivity index (χ2n) is 8.44. The highest BCUT2D eigenvalue weighted by molar-refractivity contribution is 7.92. The zero-order valence-electron chi connectivity index (χ0n) is 21.7. The fourth-order valence-electron chi connectivity index (χ4n) is 3.94. The van der Waals surface area contributed by atoms with E-state index < -0.39 is 11.4 Å². The lowest BCUT2D eigenvalue weighted by Gasteiger charge is -2.17. The molecule has 0 aliphatic rings. The van der Waals surface area contributed by atoms with Crippen molar-refractivity contribution < 1.29 is 23.2 Å². The molecule has 0 aliphatic carbocycles. The Morgan fingerprint density at radius 2 is 1.64 bits per heavy atom. The molecule has 3 N–H and O–H groups in total. The number of amides is 1. The molecule has 39 heavy (non-hydrogen) atoms. The molecule has 1 unspecified atom stereocenters. The van der Waals surface area contributed by atoms with Crippen LogP contribution in [0.25, 0.3) is 11.1 Å². The number of carbonyl (C=O) groups excluding carboxylic acids is 1. The summed E-state index contributed by atoms with van der Waals surface area (Å²) in [4.78, 5) is 12.9. The van der Waals surface area contributed by atoms with E-state index in [1.54, 1.807) is 42.5 Å². The number of ether oxygens (including phenoxy) is 2. The molecule has 1 amide bonds. The zero-order chi connectivity index (χ0) is 27.6. The van der Waals surface area contributed by atoms with Crippen molar-refractivity contribution in [3.8, 4) is 22.6 Å². The third-order valence-electron chi connectivity index (χ3n) is 5.77. The first-order valence-corrected chi connectivity index (χ1v) is 13.6. The minimum absolute atomic E-state index is 0.217. The van der Waals surface area contributed by atoms with Crippen molar-refractivity contribution in [2.24, 2.45) is 0 Å². The molecule has 0 spiro atoms. The molecule has 0 saturated heterocycles. The van der Waals surface area contributed by atoms with Crippen LogP contribution < -0.4 is 24.8 Å². The van der Waals surface area contributed by atoms with E-state index >= 15 is 0 Å². The lowest BCUT2D eigenvalue weighted by atomic mass is 10.1. The summed E-state index contributed by atoms with van der Waals surface area (Å²) in [5.41, 5.74) is 3.31. The molecule has 4 aromatic carbocycles. The van der Waals surface area contributed by atoms with Crippen LogP contribution in [0.5, 0.6) is 11.5 Å². The number of anilines is 2. The van der Waals surface area contributed by atoms with Crippen LogP contribution in [0.4, 0.5) is 15.8 Å². The number of carbonyl (C=O) groups is 1. The van der Waals surface area contributed by atoms with Crippen LogP contribution in [0.15, 0.2) is 95.9 Å². The molecule has 0 aromatic heterocycles. The van der Waals surface area contributed by atoms with Crippen LogP contribution in [-0.2, 0) is 11.4 Å². The van der Waals surface area contributed by atoms with Gasteiger partial charge in [-0.15, -0.1) is 0 Å². The number of halogens is 1. The smallest absolute Gasteiger partial charge is 0.255 e. The molecule has 0 bridgehead atoms. The van der Waals surface area contributed by atoms with Gasteiger partial charge in [0.15, 0.2) is 5.75 Å². The SMILES string of the molecule is CCOc1ccc(-c2cccc(F)c2)cc1[S+]([O-])Nc1cccc(NCCNC(=O)c2ccccc2OC)c1. The molecule has 1 atom stereocenters. The first kappa shape index (κ1) is 27.8. The Morgan fingerprint density at radius 1 is 0.872 bits per heavy atom. The predicted octanol–water partition coefficient (Wildman–Crippen LogP) is 5.88. The number of methoxy groups -OCH3 is 1. The van der Waals surface area contributed by atoms with Crippen molar-refractivity contribution in [2.75, 3.05) is 36.8 Å². The van der Waals surface area contributed by atoms with Crippen LogP contribution in [0.2, 0.25) is 0 Å². The van der Waals surface area contributed by atoms with E-state index in [0.717, 1.165) is 11.3 Å². The van der Waals surface area contributed by atoms with E-state index in [0.29, 0.717) is 52.9 Å². The van der Waals surface area contributed by atoms with Gasteiger partial charge in [-0.2, -0.15) is 0 Å². The molecule has 0 fully saturated rings. The number of para-hydroxylation sites is 1. The molecule has 7 nitrogen and oxygen atoms in total. The van der Waals surface area contributed by atoms with Crippen molar-refractivity contribution in [1.29, 1.82) is 0 Å². The van der Waals surface area contributed by atoms with E-state index in [2.05, 4.69) is 15.4 Å². The minimum atomic E-state index is -1.65. The topological polar surface area (TPSA) is 94.7 Å². The van der Waals surface area contributed by atoms with Gasteiger partial charge in [0.1, 0.15) is 22.9 Å². The Bertz CT molecular complexity index is 1420. The normalized spacial score (nSPS) is 11.4. The fourth-order valence-corrected chi connectivity index (χ4v) is 4.93. The predicted molar refractivity (Wildman–Crippen MR) is 153 cm³/mol. The summed E-state index contributed by atoms with van der Waals surface area (Å²) in [5.74, 6) is 0.448. The summed E-state index contributed by atoms with van der Waals surface area (Å²) in [6, 6.07) is 26.0. The highest BCUT2D eigenvalue weighted by Crippen LogP contribution is 2.32. The van der Waals surface area contributed by atoms with Crippen LogP contribution in [0, 0.1) is 5.82 Å². The van der Waals surface area contributed by atoms with Crippen molar-refractivity contribution in [3.63, 3.8) is 0 Å².